The molecule has 30 heavy (non-hydrogen) atoms. The van der Waals surface area contributed by atoms with Crippen molar-refractivity contribution in [2.45, 2.75) is 39.3 Å². The Morgan fingerprint density at radius 3 is 2.50 bits per heavy atom. The highest BCUT2D eigenvalue weighted by Crippen LogP contribution is 2.20. The highest BCUT2D eigenvalue weighted by molar-refractivity contribution is 5.91. The van der Waals surface area contributed by atoms with Crippen LogP contribution in [0.1, 0.15) is 43.0 Å². The second kappa shape index (κ2) is 11.1. The second-order valence-electron chi connectivity index (χ2n) is 7.51. The number of carbonyl (C=O) groups excluding carboxylic acids is 1. The van der Waals surface area contributed by atoms with Crippen LogP contribution in [0, 0.1) is 11.7 Å². The zero-order chi connectivity index (χ0) is 21.3. The van der Waals surface area contributed by atoms with Gasteiger partial charge in [-0.25, -0.2) is 4.39 Å². The summed E-state index contributed by atoms with van der Waals surface area (Å²) in [6.07, 6.45) is 2.14. The van der Waals surface area contributed by atoms with Crippen LogP contribution in [0.2, 0.25) is 0 Å². The molecule has 0 radical (unpaired) electrons. The molecule has 0 aliphatic carbocycles. The van der Waals surface area contributed by atoms with Crippen molar-refractivity contribution in [2.75, 3.05) is 32.8 Å². The summed E-state index contributed by atoms with van der Waals surface area (Å²) in [7, 11) is 0. The molecule has 7 heteroatoms. The van der Waals surface area contributed by atoms with Gasteiger partial charge in [-0.2, -0.15) is 0 Å². The summed E-state index contributed by atoms with van der Waals surface area (Å²) in [5, 5.41) is 3.04. The molecule has 0 spiro atoms. The smallest absolute Gasteiger partial charge is 0.287 e. The number of nitrogens with zero attached hydrogens (tertiary/aromatic N) is 1. The van der Waals surface area contributed by atoms with Crippen LogP contribution >= 0.6 is 0 Å². The lowest BCUT2D eigenvalue weighted by molar-refractivity contribution is 0.00184. The Hall–Kier alpha value is -2.38. The van der Waals surface area contributed by atoms with Crippen molar-refractivity contribution >= 4 is 5.91 Å². The summed E-state index contributed by atoms with van der Waals surface area (Å²) in [4.78, 5) is 15.0. The van der Waals surface area contributed by atoms with Gasteiger partial charge in [0.05, 0.1) is 13.2 Å². The van der Waals surface area contributed by atoms with Gasteiger partial charge in [-0.3, -0.25) is 9.69 Å². The first kappa shape index (κ1) is 22.3. The summed E-state index contributed by atoms with van der Waals surface area (Å²) in [5.74, 6) is 1.31. The van der Waals surface area contributed by atoms with E-state index in [1.807, 2.05) is 0 Å². The molecule has 6 nitrogen and oxygen atoms in total. The second-order valence-corrected chi connectivity index (χ2v) is 7.51. The van der Waals surface area contributed by atoms with Crippen molar-refractivity contribution in [3.8, 4) is 5.75 Å². The molecule has 0 bridgehead atoms. The molecule has 1 aliphatic rings. The number of hydrogen-bond donors (Lipinski definition) is 1. The largest absolute Gasteiger partial charge is 0.486 e. The van der Waals surface area contributed by atoms with E-state index in [1.165, 1.54) is 12.1 Å². The van der Waals surface area contributed by atoms with Crippen LogP contribution in [-0.2, 0) is 11.3 Å². The fourth-order valence-corrected chi connectivity index (χ4v) is 3.88. The van der Waals surface area contributed by atoms with Crippen molar-refractivity contribution in [3.05, 3.63) is 53.7 Å². The van der Waals surface area contributed by atoms with Crippen molar-refractivity contribution in [3.63, 3.8) is 0 Å². The molecule has 0 saturated carbocycles. The molecule has 3 rings (SSSR count). The monoisotopic (exact) mass is 418 g/mol. The zero-order valence-corrected chi connectivity index (χ0v) is 17.7. The minimum atomic E-state index is -0.317. The van der Waals surface area contributed by atoms with Crippen LogP contribution in [0.4, 0.5) is 4.39 Å². The number of hydrogen-bond acceptors (Lipinski definition) is 5. The molecule has 2 heterocycles. The van der Waals surface area contributed by atoms with E-state index in [2.05, 4.69) is 24.1 Å². The van der Waals surface area contributed by atoms with E-state index < -0.39 is 0 Å². The predicted molar refractivity (Wildman–Crippen MR) is 112 cm³/mol. The summed E-state index contributed by atoms with van der Waals surface area (Å²) < 4.78 is 29.6. The Bertz CT molecular complexity index is 783. The molecule has 1 aliphatic heterocycles. The molecule has 1 aromatic heterocycles. The first-order chi connectivity index (χ1) is 14.6. The van der Waals surface area contributed by atoms with Gasteiger partial charge in [0.1, 0.15) is 23.9 Å². The molecule has 1 aromatic carbocycles. The Morgan fingerprint density at radius 2 is 1.83 bits per heavy atom. The van der Waals surface area contributed by atoms with Crippen LogP contribution in [0.3, 0.4) is 0 Å². The summed E-state index contributed by atoms with van der Waals surface area (Å²) >= 11 is 0. The van der Waals surface area contributed by atoms with Crippen molar-refractivity contribution in [1.82, 2.24) is 10.2 Å². The highest BCUT2D eigenvalue weighted by atomic mass is 19.1. The fraction of sp³-hybridized carbons (Fsp3) is 0.522. The third kappa shape index (κ3) is 6.06. The molecular weight excluding hydrogens is 387 g/mol. The average Bonchev–Trinajstić information content (AvgIpc) is 3.26. The van der Waals surface area contributed by atoms with E-state index in [4.69, 9.17) is 13.9 Å². The number of ether oxygens (including phenoxy) is 2. The van der Waals surface area contributed by atoms with E-state index in [0.717, 1.165) is 39.1 Å². The quantitative estimate of drug-likeness (QED) is 0.635. The minimum Gasteiger partial charge on any atom is -0.486 e. The molecule has 1 fully saturated rings. The molecule has 164 valence electrons. The lowest BCUT2D eigenvalue weighted by atomic mass is 9.92. The lowest BCUT2D eigenvalue weighted by Gasteiger charge is -2.38. The zero-order valence-electron chi connectivity index (χ0n) is 17.7. The first-order valence-electron chi connectivity index (χ1n) is 10.7. The molecule has 1 atom stereocenters. The van der Waals surface area contributed by atoms with Crippen molar-refractivity contribution < 1.29 is 23.1 Å². The predicted octanol–water partition coefficient (Wildman–Crippen LogP) is 3.86. The van der Waals surface area contributed by atoms with Crippen LogP contribution in [0.15, 0.2) is 40.8 Å². The van der Waals surface area contributed by atoms with Gasteiger partial charge in [-0.1, -0.05) is 26.7 Å². The highest BCUT2D eigenvalue weighted by Gasteiger charge is 2.27. The molecule has 1 N–H and O–H groups in total. The van der Waals surface area contributed by atoms with Crippen LogP contribution in [0.5, 0.6) is 5.75 Å². The van der Waals surface area contributed by atoms with Gasteiger partial charge in [0, 0.05) is 25.7 Å². The van der Waals surface area contributed by atoms with Crippen molar-refractivity contribution in [2.24, 2.45) is 5.92 Å². The molecule has 1 amide bonds. The molecule has 1 unspecified atom stereocenters. The SMILES string of the molecule is CCC(CC)C(CNC(=O)c1ccc(COc2ccc(F)cc2)o1)N1CCOCC1. The Morgan fingerprint density at radius 1 is 1.13 bits per heavy atom. The topological polar surface area (TPSA) is 63.9 Å². The van der Waals surface area contributed by atoms with E-state index in [0.29, 0.717) is 24.0 Å². The van der Waals surface area contributed by atoms with Gasteiger partial charge in [0.25, 0.3) is 5.91 Å². The number of rotatable bonds is 10. The van der Waals surface area contributed by atoms with Gasteiger partial charge < -0.3 is 19.2 Å². The number of carbonyl (C=O) groups is 1. The number of furan rings is 1. The number of halogens is 1. The number of morpholine rings is 1. The normalized spacial score (nSPS) is 15.9. The van der Waals surface area contributed by atoms with E-state index >= 15 is 0 Å². The van der Waals surface area contributed by atoms with Crippen LogP contribution in [-0.4, -0.2) is 49.7 Å². The lowest BCUT2D eigenvalue weighted by Crippen LogP contribution is -2.52. The Labute approximate surface area is 177 Å². The summed E-state index contributed by atoms with van der Waals surface area (Å²) in [6, 6.07) is 9.43. The summed E-state index contributed by atoms with van der Waals surface area (Å²) in [6.45, 7) is 8.40. The Balaban J connectivity index is 1.54. The van der Waals surface area contributed by atoms with Gasteiger partial charge in [-0.15, -0.1) is 0 Å². The van der Waals surface area contributed by atoms with E-state index in [-0.39, 0.29) is 30.1 Å². The van der Waals surface area contributed by atoms with Crippen LogP contribution < -0.4 is 10.1 Å². The van der Waals surface area contributed by atoms with Gasteiger partial charge in [0.2, 0.25) is 0 Å². The number of amides is 1. The average molecular weight is 419 g/mol. The third-order valence-corrected chi connectivity index (χ3v) is 5.66. The molecule has 1 saturated heterocycles. The Kier molecular flexibility index (Phi) is 8.28. The minimum absolute atomic E-state index is 0.170. The maximum absolute atomic E-state index is 13.0. The van der Waals surface area contributed by atoms with Gasteiger partial charge in [0.15, 0.2) is 5.76 Å². The van der Waals surface area contributed by atoms with Gasteiger partial charge in [-0.05, 0) is 42.3 Å². The number of benzene rings is 1. The maximum atomic E-state index is 13.0. The fourth-order valence-electron chi connectivity index (χ4n) is 3.88. The van der Waals surface area contributed by atoms with E-state index in [1.54, 1.807) is 24.3 Å². The first-order valence-corrected chi connectivity index (χ1v) is 10.7. The van der Waals surface area contributed by atoms with Crippen LogP contribution in [0.25, 0.3) is 0 Å². The molecule has 2 aromatic rings. The standard InChI is InChI=1S/C23H31FN2O4/c1-3-17(4-2)21(26-11-13-28-14-12-26)15-25-23(27)22-10-9-20(30-22)16-29-19-7-5-18(24)6-8-19/h5-10,17,21H,3-4,11-16H2,1-2H3,(H,25,27). The summed E-state index contributed by atoms with van der Waals surface area (Å²) in [5.41, 5.74) is 0. The third-order valence-electron chi connectivity index (χ3n) is 5.66. The number of nitrogens with one attached hydrogen (secondary N) is 1. The van der Waals surface area contributed by atoms with Gasteiger partial charge >= 0.3 is 0 Å². The van der Waals surface area contributed by atoms with E-state index in [9.17, 15) is 9.18 Å². The van der Waals surface area contributed by atoms with Crippen molar-refractivity contribution in [1.29, 1.82) is 0 Å². The molecular formula is C23H31FN2O4. The maximum Gasteiger partial charge on any atom is 0.287 e.